The minimum Gasteiger partial charge on any atom is -0.394 e. The van der Waals surface area contributed by atoms with Gasteiger partial charge in [-0.1, -0.05) is 60.7 Å². The van der Waals surface area contributed by atoms with E-state index < -0.39 is 29.3 Å². The molecular weight excluding hydrogens is 344 g/mol. The first-order chi connectivity index (χ1) is 12.9. The molecule has 0 aliphatic carbocycles. The summed E-state index contributed by atoms with van der Waals surface area (Å²) in [6, 6.07) is 16.9. The molecule has 2 amide bonds. The molecule has 144 valence electrons. The number of rotatable bonds is 8. The summed E-state index contributed by atoms with van der Waals surface area (Å²) in [6.07, 6.45) is 0. The zero-order chi connectivity index (χ0) is 19.9. The Morgan fingerprint density at radius 1 is 0.778 bits per heavy atom. The van der Waals surface area contributed by atoms with E-state index in [1.165, 1.54) is 13.8 Å². The number of aliphatic hydroxyl groups is 2. The number of hydrogen-bond donors (Lipinski definition) is 4. The number of carbonyl (C=O) groups is 2. The first-order valence-corrected chi connectivity index (χ1v) is 8.83. The Bertz CT molecular complexity index is 684. The van der Waals surface area contributed by atoms with Crippen LogP contribution in [0.4, 0.5) is 0 Å². The van der Waals surface area contributed by atoms with Gasteiger partial charge in [0.2, 0.25) is 11.8 Å². The van der Waals surface area contributed by atoms with Gasteiger partial charge in [0.05, 0.1) is 25.3 Å². The van der Waals surface area contributed by atoms with Crippen molar-refractivity contribution in [2.24, 2.45) is 5.41 Å². The van der Waals surface area contributed by atoms with Crippen LogP contribution >= 0.6 is 0 Å². The van der Waals surface area contributed by atoms with Crippen LogP contribution < -0.4 is 10.6 Å². The van der Waals surface area contributed by atoms with Crippen molar-refractivity contribution >= 4 is 11.8 Å². The molecule has 0 aliphatic heterocycles. The lowest BCUT2D eigenvalue weighted by Crippen LogP contribution is -2.50. The van der Waals surface area contributed by atoms with E-state index in [2.05, 4.69) is 10.6 Å². The highest BCUT2D eigenvalue weighted by atomic mass is 16.3. The predicted molar refractivity (Wildman–Crippen MR) is 103 cm³/mol. The number of aliphatic hydroxyl groups excluding tert-OH is 2. The average Bonchev–Trinajstić information content (AvgIpc) is 2.70. The lowest BCUT2D eigenvalue weighted by molar-refractivity contribution is -0.142. The first-order valence-electron chi connectivity index (χ1n) is 8.83. The molecule has 27 heavy (non-hydrogen) atoms. The van der Waals surface area contributed by atoms with Gasteiger partial charge in [-0.25, -0.2) is 0 Å². The molecule has 0 saturated carbocycles. The third kappa shape index (κ3) is 5.15. The van der Waals surface area contributed by atoms with Crippen LogP contribution in [0.15, 0.2) is 60.7 Å². The normalized spacial score (nSPS) is 13.5. The topological polar surface area (TPSA) is 98.7 Å². The van der Waals surface area contributed by atoms with Gasteiger partial charge in [0, 0.05) is 0 Å². The lowest BCUT2D eigenvalue weighted by Gasteiger charge is -2.28. The van der Waals surface area contributed by atoms with Crippen molar-refractivity contribution in [3.8, 4) is 0 Å². The molecule has 0 fully saturated rings. The van der Waals surface area contributed by atoms with Gasteiger partial charge < -0.3 is 20.8 Å². The fraction of sp³-hybridized carbons (Fsp3) is 0.333. The van der Waals surface area contributed by atoms with E-state index in [-0.39, 0.29) is 13.2 Å². The molecule has 0 unspecified atom stereocenters. The van der Waals surface area contributed by atoms with Crippen molar-refractivity contribution < 1.29 is 19.8 Å². The Kier molecular flexibility index (Phi) is 7.10. The molecule has 6 heteroatoms. The quantitative estimate of drug-likeness (QED) is 0.532. The second kappa shape index (κ2) is 9.30. The maximum absolute atomic E-state index is 12.7. The van der Waals surface area contributed by atoms with Crippen LogP contribution in [0.1, 0.15) is 37.1 Å². The van der Waals surface area contributed by atoms with Gasteiger partial charge in [-0.2, -0.15) is 0 Å². The zero-order valence-electron chi connectivity index (χ0n) is 15.6. The van der Waals surface area contributed by atoms with Crippen LogP contribution in [-0.4, -0.2) is 35.2 Å². The Hall–Kier alpha value is -2.70. The molecule has 2 rings (SSSR count). The summed E-state index contributed by atoms with van der Waals surface area (Å²) in [7, 11) is 0. The Morgan fingerprint density at radius 2 is 1.11 bits per heavy atom. The largest absolute Gasteiger partial charge is 0.394 e. The predicted octanol–water partition coefficient (Wildman–Crippen LogP) is 1.71. The fourth-order valence-corrected chi connectivity index (χ4v) is 2.62. The number of amides is 2. The van der Waals surface area contributed by atoms with Crippen molar-refractivity contribution in [1.29, 1.82) is 0 Å². The van der Waals surface area contributed by atoms with E-state index in [9.17, 15) is 19.8 Å². The van der Waals surface area contributed by atoms with Crippen LogP contribution in [0.25, 0.3) is 0 Å². The van der Waals surface area contributed by atoms with Crippen molar-refractivity contribution in [3.05, 3.63) is 71.8 Å². The van der Waals surface area contributed by atoms with Gasteiger partial charge >= 0.3 is 0 Å². The minimum atomic E-state index is -1.38. The number of nitrogens with one attached hydrogen (secondary N) is 2. The first kappa shape index (κ1) is 20.6. The Morgan fingerprint density at radius 3 is 1.41 bits per heavy atom. The minimum absolute atomic E-state index is 0.281. The maximum atomic E-state index is 12.7. The molecule has 0 spiro atoms. The highest BCUT2D eigenvalue weighted by Gasteiger charge is 2.38. The molecule has 0 bridgehead atoms. The molecule has 0 radical (unpaired) electrons. The third-order valence-electron chi connectivity index (χ3n) is 4.51. The van der Waals surface area contributed by atoms with Crippen molar-refractivity contribution in [3.63, 3.8) is 0 Å². The molecule has 2 aromatic rings. The summed E-state index contributed by atoms with van der Waals surface area (Å²) in [5.41, 5.74) is 0.119. The van der Waals surface area contributed by atoms with E-state index >= 15 is 0 Å². The van der Waals surface area contributed by atoms with Crippen LogP contribution in [0.2, 0.25) is 0 Å². The number of benzene rings is 2. The van der Waals surface area contributed by atoms with E-state index in [1.54, 1.807) is 24.3 Å². The molecular formula is C21H26N2O4. The van der Waals surface area contributed by atoms with Gasteiger partial charge in [0.1, 0.15) is 5.41 Å². The van der Waals surface area contributed by atoms with Crippen molar-refractivity contribution in [2.75, 3.05) is 13.2 Å². The highest BCUT2D eigenvalue weighted by Crippen LogP contribution is 2.21. The lowest BCUT2D eigenvalue weighted by atomic mass is 9.89. The standard InChI is InChI=1S/C21H26N2O4/c1-21(2,19(26)22-17(13-24)15-9-5-3-6-10-15)20(27)23-18(14-25)16-11-7-4-8-12-16/h3-12,17-18,24-25H,13-14H2,1-2H3,(H,22,26)(H,23,27)/t17-,18-/m0/s1. The fourth-order valence-electron chi connectivity index (χ4n) is 2.62. The van der Waals surface area contributed by atoms with Crippen LogP contribution in [0, 0.1) is 5.41 Å². The van der Waals surface area contributed by atoms with E-state index in [0.29, 0.717) is 0 Å². The molecule has 2 atom stereocenters. The van der Waals surface area contributed by atoms with E-state index in [4.69, 9.17) is 0 Å². The van der Waals surface area contributed by atoms with E-state index in [0.717, 1.165) is 11.1 Å². The molecule has 0 heterocycles. The second-order valence-electron chi connectivity index (χ2n) is 6.86. The van der Waals surface area contributed by atoms with Gasteiger partial charge in [-0.3, -0.25) is 9.59 Å². The average molecular weight is 370 g/mol. The summed E-state index contributed by atoms with van der Waals surface area (Å²) < 4.78 is 0. The Balaban J connectivity index is 2.08. The third-order valence-corrected chi connectivity index (χ3v) is 4.51. The van der Waals surface area contributed by atoms with Gasteiger partial charge in [0.25, 0.3) is 0 Å². The maximum Gasteiger partial charge on any atom is 0.235 e. The molecule has 0 aliphatic rings. The van der Waals surface area contributed by atoms with Crippen molar-refractivity contribution in [2.45, 2.75) is 25.9 Å². The molecule has 0 saturated heterocycles. The molecule has 6 nitrogen and oxygen atoms in total. The van der Waals surface area contributed by atoms with Crippen LogP contribution in [0.5, 0.6) is 0 Å². The SMILES string of the molecule is CC(C)(C(=O)N[C@@H](CO)c1ccccc1)C(=O)N[C@@H](CO)c1ccccc1. The highest BCUT2D eigenvalue weighted by molar-refractivity contribution is 6.04. The summed E-state index contributed by atoms with van der Waals surface area (Å²) in [5.74, 6) is -1.01. The smallest absolute Gasteiger partial charge is 0.235 e. The summed E-state index contributed by atoms with van der Waals surface area (Å²) in [6.45, 7) is 2.46. The van der Waals surface area contributed by atoms with Crippen molar-refractivity contribution in [1.82, 2.24) is 10.6 Å². The Labute approximate surface area is 159 Å². The number of hydrogen-bond acceptors (Lipinski definition) is 4. The van der Waals surface area contributed by atoms with Gasteiger partial charge in [0.15, 0.2) is 0 Å². The van der Waals surface area contributed by atoms with Crippen LogP contribution in [0.3, 0.4) is 0 Å². The number of carbonyl (C=O) groups excluding carboxylic acids is 2. The molecule has 4 N–H and O–H groups in total. The molecule has 0 aromatic heterocycles. The summed E-state index contributed by atoms with van der Waals surface area (Å²) in [5, 5.41) is 24.7. The zero-order valence-corrected chi connectivity index (χ0v) is 15.6. The molecule has 2 aromatic carbocycles. The van der Waals surface area contributed by atoms with Crippen LogP contribution in [-0.2, 0) is 9.59 Å². The van der Waals surface area contributed by atoms with Gasteiger partial charge in [-0.05, 0) is 25.0 Å². The van der Waals surface area contributed by atoms with Gasteiger partial charge in [-0.15, -0.1) is 0 Å². The summed E-state index contributed by atoms with van der Waals surface area (Å²) in [4.78, 5) is 25.4. The summed E-state index contributed by atoms with van der Waals surface area (Å²) >= 11 is 0. The second-order valence-corrected chi connectivity index (χ2v) is 6.86. The van der Waals surface area contributed by atoms with E-state index in [1.807, 2.05) is 36.4 Å². The monoisotopic (exact) mass is 370 g/mol.